The predicted octanol–water partition coefficient (Wildman–Crippen LogP) is 3.99. The summed E-state index contributed by atoms with van der Waals surface area (Å²) in [5.41, 5.74) is 1.13. The van der Waals surface area contributed by atoms with Gasteiger partial charge in [0.25, 0.3) is 5.91 Å². The van der Waals surface area contributed by atoms with Gasteiger partial charge in [-0.2, -0.15) is 0 Å². The van der Waals surface area contributed by atoms with Crippen LogP contribution < -0.4 is 9.64 Å². The maximum atomic E-state index is 12.7. The highest BCUT2D eigenvalue weighted by Gasteiger charge is 2.29. The second-order valence-electron chi connectivity index (χ2n) is 6.90. The molecule has 1 aromatic carbocycles. The lowest BCUT2D eigenvalue weighted by atomic mass is 10.2. The van der Waals surface area contributed by atoms with E-state index in [1.807, 2.05) is 59.7 Å². The highest BCUT2D eigenvalue weighted by Crippen LogP contribution is 2.25. The maximum absolute atomic E-state index is 12.7. The van der Waals surface area contributed by atoms with Crippen LogP contribution in [0.25, 0.3) is 0 Å². The monoisotopic (exact) mass is 394 g/mol. The molecule has 1 aliphatic heterocycles. The molecule has 0 N–H and O–H groups in total. The van der Waals surface area contributed by atoms with Crippen molar-refractivity contribution >= 4 is 23.1 Å². The van der Waals surface area contributed by atoms with Crippen molar-refractivity contribution in [3.05, 3.63) is 64.6 Å². The predicted molar refractivity (Wildman–Crippen MR) is 110 cm³/mol. The van der Waals surface area contributed by atoms with Crippen LogP contribution in [0.1, 0.15) is 22.2 Å². The maximum Gasteiger partial charge on any atom is 0.264 e. The van der Waals surface area contributed by atoms with Crippen molar-refractivity contribution < 1.29 is 9.53 Å². The molecule has 144 valence electrons. The van der Waals surface area contributed by atoms with Gasteiger partial charge in [0.05, 0.1) is 4.88 Å². The van der Waals surface area contributed by atoms with E-state index in [-0.39, 0.29) is 11.9 Å². The van der Waals surface area contributed by atoms with E-state index in [2.05, 4.69) is 21.8 Å². The number of anilines is 1. The van der Waals surface area contributed by atoms with Crippen LogP contribution in [0.15, 0.2) is 54.2 Å². The van der Waals surface area contributed by atoms with Gasteiger partial charge in [-0.15, -0.1) is 11.3 Å². The number of piperazine rings is 1. The fourth-order valence-corrected chi connectivity index (χ4v) is 4.05. The molecule has 0 radical (unpaired) electrons. The average molecular weight is 395 g/mol. The molecule has 0 bridgehead atoms. The third-order valence-corrected chi connectivity index (χ3v) is 5.64. The molecule has 1 fully saturated rings. The first-order valence-electron chi connectivity index (χ1n) is 9.26. The molecule has 0 spiro atoms. The van der Waals surface area contributed by atoms with Crippen molar-refractivity contribution in [1.29, 1.82) is 0 Å². The number of benzene rings is 1. The van der Waals surface area contributed by atoms with E-state index in [0.29, 0.717) is 12.4 Å². The number of carbonyl (C=O) groups is 1. The zero-order valence-corrected chi connectivity index (χ0v) is 16.7. The molecule has 6 nitrogen and oxygen atoms in total. The van der Waals surface area contributed by atoms with Crippen molar-refractivity contribution in [3.63, 3.8) is 0 Å². The number of aromatic nitrogens is 2. The van der Waals surface area contributed by atoms with Crippen LogP contribution in [0.3, 0.4) is 0 Å². The van der Waals surface area contributed by atoms with Crippen molar-refractivity contribution in [3.8, 4) is 11.6 Å². The summed E-state index contributed by atoms with van der Waals surface area (Å²) in [6, 6.07) is 13.6. The molecule has 1 atom stereocenters. The zero-order chi connectivity index (χ0) is 19.5. The Morgan fingerprint density at radius 3 is 2.82 bits per heavy atom. The van der Waals surface area contributed by atoms with Crippen LogP contribution in [0.5, 0.6) is 11.6 Å². The SMILES string of the molecule is Cc1cccc(Oc2cc(N3CCN(C(=O)c4cccs4)[C@@H](C)C3)ncn2)c1. The Kier molecular flexibility index (Phi) is 5.25. The van der Waals surface area contributed by atoms with Crippen LogP contribution in [-0.2, 0) is 0 Å². The summed E-state index contributed by atoms with van der Waals surface area (Å²) in [6.45, 7) is 6.20. The first-order chi connectivity index (χ1) is 13.6. The van der Waals surface area contributed by atoms with E-state index >= 15 is 0 Å². The summed E-state index contributed by atoms with van der Waals surface area (Å²) >= 11 is 1.49. The lowest BCUT2D eigenvalue weighted by Gasteiger charge is -2.40. The highest BCUT2D eigenvalue weighted by molar-refractivity contribution is 7.12. The second kappa shape index (κ2) is 7.98. The molecule has 28 heavy (non-hydrogen) atoms. The summed E-state index contributed by atoms with van der Waals surface area (Å²) in [6.07, 6.45) is 1.52. The van der Waals surface area contributed by atoms with Crippen LogP contribution in [0.2, 0.25) is 0 Å². The third-order valence-electron chi connectivity index (χ3n) is 4.78. The molecule has 1 saturated heterocycles. The molecule has 0 aliphatic carbocycles. The number of amides is 1. The largest absolute Gasteiger partial charge is 0.439 e. The minimum atomic E-state index is 0.0967. The number of thiophene rings is 1. The summed E-state index contributed by atoms with van der Waals surface area (Å²) in [5, 5.41) is 1.94. The summed E-state index contributed by atoms with van der Waals surface area (Å²) < 4.78 is 5.88. The van der Waals surface area contributed by atoms with E-state index in [1.54, 1.807) is 0 Å². The average Bonchev–Trinajstić information content (AvgIpc) is 3.22. The molecule has 3 heterocycles. The van der Waals surface area contributed by atoms with Crippen molar-refractivity contribution in [2.24, 2.45) is 0 Å². The van der Waals surface area contributed by atoms with Gasteiger partial charge >= 0.3 is 0 Å². The Bertz CT molecular complexity index is 961. The molecule has 1 aliphatic rings. The second-order valence-corrected chi connectivity index (χ2v) is 7.85. The van der Waals surface area contributed by atoms with Gasteiger partial charge in [0.15, 0.2) is 0 Å². The van der Waals surface area contributed by atoms with Gasteiger partial charge < -0.3 is 14.5 Å². The summed E-state index contributed by atoms with van der Waals surface area (Å²) in [5.74, 6) is 2.19. The van der Waals surface area contributed by atoms with Crippen LogP contribution in [-0.4, -0.2) is 46.5 Å². The molecule has 0 unspecified atom stereocenters. The minimum absolute atomic E-state index is 0.0967. The molecular weight excluding hydrogens is 372 g/mol. The number of carbonyl (C=O) groups excluding carboxylic acids is 1. The highest BCUT2D eigenvalue weighted by atomic mass is 32.1. The first kappa shape index (κ1) is 18.4. The van der Waals surface area contributed by atoms with Gasteiger partial charge in [-0.3, -0.25) is 4.79 Å². The van der Waals surface area contributed by atoms with E-state index in [9.17, 15) is 4.79 Å². The smallest absolute Gasteiger partial charge is 0.264 e. The number of nitrogens with zero attached hydrogens (tertiary/aromatic N) is 4. The number of hydrogen-bond acceptors (Lipinski definition) is 6. The molecule has 2 aromatic heterocycles. The third kappa shape index (κ3) is 3.99. The number of aryl methyl sites for hydroxylation is 1. The molecule has 1 amide bonds. The summed E-state index contributed by atoms with van der Waals surface area (Å²) in [4.78, 5) is 26.2. The summed E-state index contributed by atoms with van der Waals surface area (Å²) in [7, 11) is 0. The first-order valence-corrected chi connectivity index (χ1v) is 10.1. The lowest BCUT2D eigenvalue weighted by molar-refractivity contribution is 0.0678. The Morgan fingerprint density at radius 1 is 1.18 bits per heavy atom. The molecular formula is C21H22N4O2S. The molecule has 4 rings (SSSR count). The van der Waals surface area contributed by atoms with Gasteiger partial charge in [-0.25, -0.2) is 9.97 Å². The standard InChI is InChI=1S/C21H22N4O2S/c1-15-5-3-6-17(11-15)27-20-12-19(22-14-23-20)24-8-9-25(16(2)13-24)21(26)18-7-4-10-28-18/h3-7,10-12,14,16H,8-9,13H2,1-2H3/t16-/m0/s1. The van der Waals surface area contributed by atoms with E-state index in [4.69, 9.17) is 4.74 Å². The molecule has 7 heteroatoms. The fraction of sp³-hybridized carbons (Fsp3) is 0.286. The van der Waals surface area contributed by atoms with E-state index < -0.39 is 0 Å². The van der Waals surface area contributed by atoms with Crippen molar-refractivity contribution in [2.75, 3.05) is 24.5 Å². The Labute approximate surface area is 168 Å². The topological polar surface area (TPSA) is 58.6 Å². The zero-order valence-electron chi connectivity index (χ0n) is 15.9. The van der Waals surface area contributed by atoms with Gasteiger partial charge in [0.1, 0.15) is 17.9 Å². The fourth-order valence-electron chi connectivity index (χ4n) is 3.37. The molecule has 0 saturated carbocycles. The number of ether oxygens (including phenoxy) is 1. The quantitative estimate of drug-likeness (QED) is 0.670. The van der Waals surface area contributed by atoms with Crippen LogP contribution >= 0.6 is 11.3 Å². The Morgan fingerprint density at radius 2 is 2.07 bits per heavy atom. The van der Waals surface area contributed by atoms with E-state index in [1.165, 1.54) is 17.7 Å². The minimum Gasteiger partial charge on any atom is -0.439 e. The van der Waals surface area contributed by atoms with Crippen molar-refractivity contribution in [1.82, 2.24) is 14.9 Å². The van der Waals surface area contributed by atoms with Gasteiger partial charge in [0, 0.05) is 31.7 Å². The Hall–Kier alpha value is -2.93. The lowest BCUT2D eigenvalue weighted by Crippen LogP contribution is -2.54. The number of rotatable bonds is 4. The number of hydrogen-bond donors (Lipinski definition) is 0. The molecule has 3 aromatic rings. The van der Waals surface area contributed by atoms with Gasteiger partial charge in [-0.1, -0.05) is 18.2 Å². The van der Waals surface area contributed by atoms with Crippen molar-refractivity contribution in [2.45, 2.75) is 19.9 Å². The van der Waals surface area contributed by atoms with Crippen LogP contribution in [0.4, 0.5) is 5.82 Å². The van der Waals surface area contributed by atoms with Gasteiger partial charge in [-0.05, 0) is 43.0 Å². The normalized spacial score (nSPS) is 16.9. The van der Waals surface area contributed by atoms with Gasteiger partial charge in [0.2, 0.25) is 5.88 Å². The van der Waals surface area contributed by atoms with Crippen LogP contribution in [0, 0.1) is 6.92 Å². The van der Waals surface area contributed by atoms with E-state index in [0.717, 1.165) is 35.1 Å². The Balaban J connectivity index is 1.45.